The topological polar surface area (TPSA) is 48.7 Å². The first-order valence-corrected chi connectivity index (χ1v) is 10.5. The Hall–Kier alpha value is -2.39. The van der Waals surface area contributed by atoms with Crippen molar-refractivity contribution in [3.05, 3.63) is 72.1 Å². The average Bonchev–Trinajstić information content (AvgIpc) is 3.12. The van der Waals surface area contributed by atoms with Crippen LogP contribution in [0.2, 0.25) is 0 Å². The molecule has 1 fully saturated rings. The van der Waals surface area contributed by atoms with Crippen LogP contribution in [0.1, 0.15) is 11.4 Å². The van der Waals surface area contributed by atoms with E-state index < -0.39 is 0 Å². The molecule has 1 saturated heterocycles. The predicted octanol–water partition coefficient (Wildman–Crippen LogP) is 3.60. The number of halogens is 1. The van der Waals surface area contributed by atoms with E-state index in [0.717, 1.165) is 55.5 Å². The number of piperazine rings is 1. The van der Waals surface area contributed by atoms with Crippen LogP contribution in [-0.4, -0.2) is 65.1 Å². The predicted molar refractivity (Wildman–Crippen MR) is 140 cm³/mol. The maximum absolute atomic E-state index is 4.75. The van der Waals surface area contributed by atoms with Gasteiger partial charge in [0.2, 0.25) is 0 Å². The SMILES string of the molecule is CN=C(NCc1nc2ccccc2n1C)N1CCN(C/C=C/c2ccccc2)CC1.I. The van der Waals surface area contributed by atoms with E-state index in [1.807, 2.05) is 19.2 Å². The normalized spacial score (nSPS) is 15.4. The summed E-state index contributed by atoms with van der Waals surface area (Å²) in [6, 6.07) is 18.7. The third-order valence-electron chi connectivity index (χ3n) is 5.64. The minimum atomic E-state index is 0. The highest BCUT2D eigenvalue weighted by Gasteiger charge is 2.19. The van der Waals surface area contributed by atoms with Gasteiger partial charge in [0.25, 0.3) is 0 Å². The molecule has 0 unspecified atom stereocenters. The highest BCUT2D eigenvalue weighted by molar-refractivity contribution is 14.0. The number of aryl methyl sites for hydroxylation is 1. The van der Waals surface area contributed by atoms with Crippen LogP contribution in [0, 0.1) is 0 Å². The Labute approximate surface area is 201 Å². The van der Waals surface area contributed by atoms with Gasteiger partial charge in [-0.05, 0) is 17.7 Å². The molecule has 2 aromatic carbocycles. The van der Waals surface area contributed by atoms with Crippen molar-refractivity contribution in [1.29, 1.82) is 0 Å². The number of nitrogens with one attached hydrogen (secondary N) is 1. The number of para-hydroxylation sites is 2. The van der Waals surface area contributed by atoms with Gasteiger partial charge < -0.3 is 14.8 Å². The molecule has 1 aliphatic rings. The minimum absolute atomic E-state index is 0. The summed E-state index contributed by atoms with van der Waals surface area (Å²) in [5.41, 5.74) is 3.44. The number of rotatable bonds is 5. The highest BCUT2D eigenvalue weighted by atomic mass is 127. The zero-order valence-electron chi connectivity index (χ0n) is 18.2. The lowest BCUT2D eigenvalue weighted by Gasteiger charge is -2.36. The highest BCUT2D eigenvalue weighted by Crippen LogP contribution is 2.14. The molecule has 6 nitrogen and oxygen atoms in total. The summed E-state index contributed by atoms with van der Waals surface area (Å²) in [4.78, 5) is 14.1. The molecule has 7 heteroatoms. The molecule has 164 valence electrons. The molecule has 0 atom stereocenters. The largest absolute Gasteiger partial charge is 0.349 e. The smallest absolute Gasteiger partial charge is 0.194 e. The number of nitrogens with zero attached hydrogens (tertiary/aromatic N) is 5. The number of fused-ring (bicyclic) bond motifs is 1. The Morgan fingerprint density at radius 2 is 1.74 bits per heavy atom. The van der Waals surface area contributed by atoms with Crippen molar-refractivity contribution in [1.82, 2.24) is 24.7 Å². The van der Waals surface area contributed by atoms with E-state index in [4.69, 9.17) is 4.98 Å². The van der Waals surface area contributed by atoms with Crippen LogP contribution in [0.5, 0.6) is 0 Å². The van der Waals surface area contributed by atoms with Crippen molar-refractivity contribution in [3.63, 3.8) is 0 Å². The van der Waals surface area contributed by atoms with Crippen LogP contribution in [0.3, 0.4) is 0 Å². The Morgan fingerprint density at radius 3 is 2.45 bits per heavy atom. The van der Waals surface area contributed by atoms with Crippen molar-refractivity contribution in [2.45, 2.75) is 6.54 Å². The molecule has 0 bridgehead atoms. The standard InChI is InChI=1S/C24H30N6.HI/c1-25-24(26-19-23-27-21-12-6-7-13-22(21)28(23)2)30-17-15-29(16-18-30)14-8-11-20-9-4-3-5-10-20;/h3-13H,14-19H2,1-2H3,(H,25,26);1H/b11-8+;. The van der Waals surface area contributed by atoms with Gasteiger partial charge in [-0.15, -0.1) is 24.0 Å². The van der Waals surface area contributed by atoms with Gasteiger partial charge in [-0.2, -0.15) is 0 Å². The van der Waals surface area contributed by atoms with E-state index in [0.29, 0.717) is 6.54 Å². The number of guanidine groups is 1. The maximum Gasteiger partial charge on any atom is 0.194 e. The van der Waals surface area contributed by atoms with Crippen molar-refractivity contribution < 1.29 is 0 Å². The second-order valence-electron chi connectivity index (χ2n) is 7.58. The fraction of sp³-hybridized carbons (Fsp3) is 0.333. The Balaban J connectivity index is 0.00000272. The van der Waals surface area contributed by atoms with E-state index >= 15 is 0 Å². The van der Waals surface area contributed by atoms with Crippen LogP contribution in [-0.2, 0) is 13.6 Å². The monoisotopic (exact) mass is 530 g/mol. The minimum Gasteiger partial charge on any atom is -0.349 e. The van der Waals surface area contributed by atoms with E-state index in [-0.39, 0.29) is 24.0 Å². The molecule has 0 saturated carbocycles. The second kappa shape index (κ2) is 11.3. The van der Waals surface area contributed by atoms with Crippen LogP contribution in [0.4, 0.5) is 0 Å². The molecular formula is C24H31IN6. The van der Waals surface area contributed by atoms with E-state index in [9.17, 15) is 0 Å². The molecule has 2 heterocycles. The molecule has 0 radical (unpaired) electrons. The first kappa shape index (κ1) is 23.3. The molecule has 1 N–H and O–H groups in total. The summed E-state index contributed by atoms with van der Waals surface area (Å²) in [5.74, 6) is 1.96. The van der Waals surface area contributed by atoms with Crippen molar-refractivity contribution in [2.24, 2.45) is 12.0 Å². The van der Waals surface area contributed by atoms with Crippen LogP contribution in [0.15, 0.2) is 65.7 Å². The van der Waals surface area contributed by atoms with Gasteiger partial charge in [-0.1, -0.05) is 54.6 Å². The van der Waals surface area contributed by atoms with Gasteiger partial charge in [-0.3, -0.25) is 9.89 Å². The fourth-order valence-corrected chi connectivity index (χ4v) is 3.89. The lowest BCUT2D eigenvalue weighted by molar-refractivity contribution is 0.194. The first-order chi connectivity index (χ1) is 14.7. The molecule has 3 aromatic rings. The number of aliphatic imine (C=N–C) groups is 1. The molecule has 0 aliphatic carbocycles. The summed E-state index contributed by atoms with van der Waals surface area (Å²) < 4.78 is 2.15. The summed E-state index contributed by atoms with van der Waals surface area (Å²) in [7, 11) is 3.92. The van der Waals surface area contributed by atoms with Gasteiger partial charge in [0.15, 0.2) is 5.96 Å². The molecule has 1 aromatic heterocycles. The Bertz CT molecular complexity index is 1020. The Morgan fingerprint density at radius 1 is 1.03 bits per heavy atom. The zero-order valence-corrected chi connectivity index (χ0v) is 20.6. The molecule has 4 rings (SSSR count). The molecule has 1 aliphatic heterocycles. The fourth-order valence-electron chi connectivity index (χ4n) is 3.89. The Kier molecular flexibility index (Phi) is 8.48. The maximum atomic E-state index is 4.75. The quantitative estimate of drug-likeness (QED) is 0.311. The van der Waals surface area contributed by atoms with E-state index in [1.165, 1.54) is 5.56 Å². The lowest BCUT2D eigenvalue weighted by atomic mass is 10.2. The zero-order chi connectivity index (χ0) is 20.8. The molecule has 0 amide bonds. The first-order valence-electron chi connectivity index (χ1n) is 10.5. The van der Waals surface area contributed by atoms with E-state index in [2.05, 4.69) is 86.3 Å². The van der Waals surface area contributed by atoms with Crippen molar-refractivity contribution in [3.8, 4) is 0 Å². The van der Waals surface area contributed by atoms with Crippen LogP contribution >= 0.6 is 24.0 Å². The van der Waals surface area contributed by atoms with Crippen LogP contribution < -0.4 is 5.32 Å². The third-order valence-corrected chi connectivity index (χ3v) is 5.64. The van der Waals surface area contributed by atoms with Gasteiger partial charge >= 0.3 is 0 Å². The number of hydrogen-bond acceptors (Lipinski definition) is 3. The van der Waals surface area contributed by atoms with Crippen molar-refractivity contribution >= 4 is 47.0 Å². The lowest BCUT2D eigenvalue weighted by Crippen LogP contribution is -2.52. The second-order valence-corrected chi connectivity index (χ2v) is 7.58. The number of imidazole rings is 1. The van der Waals surface area contributed by atoms with Gasteiger partial charge in [-0.25, -0.2) is 4.98 Å². The molecular weight excluding hydrogens is 499 g/mol. The average molecular weight is 530 g/mol. The van der Waals surface area contributed by atoms with Crippen molar-refractivity contribution in [2.75, 3.05) is 39.8 Å². The number of aromatic nitrogens is 2. The van der Waals surface area contributed by atoms with Gasteiger partial charge in [0, 0.05) is 46.8 Å². The molecule has 31 heavy (non-hydrogen) atoms. The van der Waals surface area contributed by atoms with Crippen LogP contribution in [0.25, 0.3) is 17.1 Å². The third kappa shape index (κ3) is 5.86. The van der Waals surface area contributed by atoms with Gasteiger partial charge in [0.1, 0.15) is 5.82 Å². The summed E-state index contributed by atoms with van der Waals surface area (Å²) in [6.45, 7) is 5.66. The summed E-state index contributed by atoms with van der Waals surface area (Å²) in [5, 5.41) is 3.50. The molecule has 0 spiro atoms. The number of benzene rings is 2. The van der Waals surface area contributed by atoms with Gasteiger partial charge in [0.05, 0.1) is 17.6 Å². The summed E-state index contributed by atoms with van der Waals surface area (Å²) in [6.07, 6.45) is 4.45. The summed E-state index contributed by atoms with van der Waals surface area (Å²) >= 11 is 0. The van der Waals surface area contributed by atoms with E-state index in [1.54, 1.807) is 0 Å². The number of hydrogen-bond donors (Lipinski definition) is 1.